The maximum atomic E-state index is 9.65. The van der Waals surface area contributed by atoms with Crippen LogP contribution in [0.5, 0.6) is 5.75 Å². The molecule has 2 aromatic rings. The fraction of sp³-hybridized carbons (Fsp3) is 0.583. The number of likely N-dealkylation sites (tertiary alicyclic amines) is 1. The molecule has 1 saturated heterocycles. The third kappa shape index (κ3) is 5.24. The van der Waals surface area contributed by atoms with Gasteiger partial charge in [0.1, 0.15) is 5.75 Å². The van der Waals surface area contributed by atoms with Crippen molar-refractivity contribution >= 4 is 22.4 Å². The molecule has 1 aliphatic carbocycles. The van der Waals surface area contributed by atoms with E-state index in [1.807, 2.05) is 6.92 Å². The zero-order chi connectivity index (χ0) is 20.4. The van der Waals surface area contributed by atoms with Crippen molar-refractivity contribution < 1.29 is 9.84 Å². The second-order valence-electron chi connectivity index (χ2n) is 9.25. The van der Waals surface area contributed by atoms with E-state index in [-0.39, 0.29) is 11.6 Å². The monoisotopic (exact) mass is 416 g/mol. The van der Waals surface area contributed by atoms with E-state index >= 15 is 0 Å². The molecule has 2 aliphatic rings. The summed E-state index contributed by atoms with van der Waals surface area (Å²) in [6, 6.07) is 10.6. The highest BCUT2D eigenvalue weighted by Gasteiger charge is 2.31. The van der Waals surface area contributed by atoms with E-state index in [9.17, 15) is 5.11 Å². The Balaban J connectivity index is 1.53. The third-order valence-corrected chi connectivity index (χ3v) is 6.47. The number of hydrogen-bond donors (Lipinski definition) is 2. The highest BCUT2D eigenvalue weighted by atomic mass is 35.5. The fourth-order valence-electron chi connectivity index (χ4n) is 4.41. The normalized spacial score (nSPS) is 24.0. The van der Waals surface area contributed by atoms with Crippen LogP contribution in [0.2, 0.25) is 5.02 Å². The van der Waals surface area contributed by atoms with Gasteiger partial charge in [0.05, 0.1) is 17.7 Å². The van der Waals surface area contributed by atoms with E-state index in [2.05, 4.69) is 47.5 Å². The summed E-state index contributed by atoms with van der Waals surface area (Å²) in [7, 11) is 0. The van der Waals surface area contributed by atoms with Crippen LogP contribution >= 0.6 is 11.6 Å². The lowest BCUT2D eigenvalue weighted by Crippen LogP contribution is -2.56. The molecule has 2 fully saturated rings. The summed E-state index contributed by atoms with van der Waals surface area (Å²) in [5.41, 5.74) is 1.28. The minimum absolute atomic E-state index is 0.0299. The average Bonchev–Trinajstić information content (AvgIpc) is 3.51. The second-order valence-corrected chi connectivity index (χ2v) is 9.66. The zero-order valence-electron chi connectivity index (χ0n) is 17.6. The summed E-state index contributed by atoms with van der Waals surface area (Å²) in [5.74, 6) is 1.53. The van der Waals surface area contributed by atoms with Gasteiger partial charge in [-0.15, -0.1) is 0 Å². The van der Waals surface area contributed by atoms with Gasteiger partial charge in [-0.3, -0.25) is 4.90 Å². The van der Waals surface area contributed by atoms with Crippen LogP contribution in [0.4, 0.5) is 0 Å². The maximum Gasteiger partial charge on any atom is 0.145 e. The van der Waals surface area contributed by atoms with Gasteiger partial charge >= 0.3 is 0 Å². The molecular formula is C24H33ClN2O2. The summed E-state index contributed by atoms with van der Waals surface area (Å²) >= 11 is 6.69. The second kappa shape index (κ2) is 8.81. The van der Waals surface area contributed by atoms with Crippen LogP contribution in [0.3, 0.4) is 0 Å². The standard InChI is InChI=1S/C24H33ClN2O2/c1-17(28)13-26-24(2)10-5-11-27(16-24)14-19-12-22(25)23(29-15-18-8-9-18)21-7-4-3-6-20(19)21/h3-4,6-7,12,17-18,26,28H,5,8-11,13-16H2,1-2H3/t17?,24-/m1/s1. The average molecular weight is 417 g/mol. The minimum Gasteiger partial charge on any atom is -0.491 e. The van der Waals surface area contributed by atoms with Crippen LogP contribution in [-0.2, 0) is 6.54 Å². The number of halogens is 1. The lowest BCUT2D eigenvalue weighted by Gasteiger charge is -2.41. The molecule has 1 heterocycles. The van der Waals surface area contributed by atoms with Crippen molar-refractivity contribution in [2.75, 3.05) is 26.2 Å². The number of β-amino-alcohol motifs (C(OH)–C–C–N with tert-alkyl or cyclic N) is 1. The Morgan fingerprint density at radius 3 is 2.79 bits per heavy atom. The van der Waals surface area contributed by atoms with Gasteiger partial charge in [-0.1, -0.05) is 35.9 Å². The molecule has 1 aliphatic heterocycles. The fourth-order valence-corrected chi connectivity index (χ4v) is 4.70. The molecule has 0 amide bonds. The van der Waals surface area contributed by atoms with Crippen LogP contribution in [0.25, 0.3) is 10.8 Å². The topological polar surface area (TPSA) is 44.7 Å². The first kappa shape index (κ1) is 20.9. The number of aliphatic hydroxyl groups is 1. The first-order valence-corrected chi connectivity index (χ1v) is 11.3. The molecule has 158 valence electrons. The molecule has 29 heavy (non-hydrogen) atoms. The van der Waals surface area contributed by atoms with Crippen molar-refractivity contribution in [1.29, 1.82) is 0 Å². The van der Waals surface area contributed by atoms with Crippen molar-refractivity contribution in [2.45, 2.75) is 57.7 Å². The first-order chi connectivity index (χ1) is 13.9. The van der Waals surface area contributed by atoms with Crippen molar-refractivity contribution in [3.8, 4) is 5.75 Å². The van der Waals surface area contributed by atoms with Crippen molar-refractivity contribution in [2.24, 2.45) is 5.92 Å². The molecular weight excluding hydrogens is 384 g/mol. The van der Waals surface area contributed by atoms with E-state index < -0.39 is 0 Å². The van der Waals surface area contributed by atoms with Crippen molar-refractivity contribution in [3.63, 3.8) is 0 Å². The van der Waals surface area contributed by atoms with Gasteiger partial charge in [0.2, 0.25) is 0 Å². The molecule has 2 aromatic carbocycles. The van der Waals surface area contributed by atoms with Gasteiger partial charge in [-0.25, -0.2) is 0 Å². The number of nitrogens with one attached hydrogen (secondary N) is 1. The van der Waals surface area contributed by atoms with Gasteiger partial charge < -0.3 is 15.2 Å². The molecule has 1 saturated carbocycles. The van der Waals surface area contributed by atoms with Crippen LogP contribution in [0.1, 0.15) is 45.1 Å². The third-order valence-electron chi connectivity index (χ3n) is 6.19. The Bertz CT molecular complexity index is 852. The molecule has 4 rings (SSSR count). The Morgan fingerprint density at radius 1 is 1.31 bits per heavy atom. The summed E-state index contributed by atoms with van der Waals surface area (Å²) in [6.07, 6.45) is 4.49. The molecule has 0 aromatic heterocycles. The highest BCUT2D eigenvalue weighted by Crippen LogP contribution is 2.39. The smallest absolute Gasteiger partial charge is 0.145 e. The largest absolute Gasteiger partial charge is 0.491 e. The van der Waals surface area contributed by atoms with Crippen LogP contribution in [-0.4, -0.2) is 47.9 Å². The Morgan fingerprint density at radius 2 is 2.07 bits per heavy atom. The molecule has 0 spiro atoms. The quantitative estimate of drug-likeness (QED) is 0.659. The Kier molecular flexibility index (Phi) is 6.35. The molecule has 0 radical (unpaired) electrons. The number of nitrogens with zero attached hydrogens (tertiary/aromatic N) is 1. The summed E-state index contributed by atoms with van der Waals surface area (Å²) in [4.78, 5) is 2.50. The van der Waals surface area contributed by atoms with Gasteiger partial charge in [-0.2, -0.15) is 0 Å². The number of piperidine rings is 1. The number of fused-ring (bicyclic) bond motifs is 1. The van der Waals surface area contributed by atoms with E-state index in [4.69, 9.17) is 16.3 Å². The number of hydrogen-bond acceptors (Lipinski definition) is 4. The summed E-state index contributed by atoms with van der Waals surface area (Å²) < 4.78 is 6.13. The van der Waals surface area contributed by atoms with Crippen LogP contribution in [0, 0.1) is 5.92 Å². The highest BCUT2D eigenvalue weighted by molar-refractivity contribution is 6.33. The number of rotatable bonds is 8. The predicted molar refractivity (Wildman–Crippen MR) is 120 cm³/mol. The van der Waals surface area contributed by atoms with Crippen molar-refractivity contribution in [1.82, 2.24) is 10.2 Å². The van der Waals surface area contributed by atoms with Gasteiger partial charge in [0.15, 0.2) is 0 Å². The van der Waals surface area contributed by atoms with Crippen LogP contribution in [0.15, 0.2) is 30.3 Å². The van der Waals surface area contributed by atoms with Gasteiger partial charge in [0, 0.05) is 30.6 Å². The SMILES string of the molecule is CC(O)CN[C@]1(C)CCCN(Cc2cc(Cl)c(OCC3CC3)c3ccccc23)C1. The van der Waals surface area contributed by atoms with Crippen molar-refractivity contribution in [3.05, 3.63) is 40.9 Å². The summed E-state index contributed by atoms with van der Waals surface area (Å²) in [6.45, 7) is 8.41. The lowest BCUT2D eigenvalue weighted by atomic mass is 9.90. The van der Waals surface area contributed by atoms with E-state index in [0.717, 1.165) is 50.2 Å². The minimum atomic E-state index is -0.326. The van der Waals surface area contributed by atoms with E-state index in [1.165, 1.54) is 23.8 Å². The van der Waals surface area contributed by atoms with Crippen LogP contribution < -0.4 is 10.1 Å². The number of benzene rings is 2. The molecule has 4 nitrogen and oxygen atoms in total. The Labute approximate surface area is 179 Å². The molecule has 2 N–H and O–H groups in total. The maximum absolute atomic E-state index is 9.65. The predicted octanol–water partition coefficient (Wildman–Crippen LogP) is 4.61. The van der Waals surface area contributed by atoms with Gasteiger partial charge in [-0.05, 0) is 69.0 Å². The zero-order valence-corrected chi connectivity index (χ0v) is 18.3. The lowest BCUT2D eigenvalue weighted by molar-refractivity contribution is 0.108. The first-order valence-electron chi connectivity index (χ1n) is 10.9. The molecule has 1 unspecified atom stereocenters. The van der Waals surface area contributed by atoms with Gasteiger partial charge in [0.25, 0.3) is 0 Å². The van der Waals surface area contributed by atoms with E-state index in [1.54, 1.807) is 0 Å². The number of ether oxygens (including phenoxy) is 1. The number of aliphatic hydroxyl groups excluding tert-OH is 1. The molecule has 2 atom stereocenters. The Hall–Kier alpha value is -1.33. The summed E-state index contributed by atoms with van der Waals surface area (Å²) in [5, 5.41) is 16.3. The molecule has 0 bridgehead atoms. The van der Waals surface area contributed by atoms with E-state index in [0.29, 0.717) is 17.5 Å². The molecule has 5 heteroatoms.